The Morgan fingerprint density at radius 1 is 1.18 bits per heavy atom. The Hall–Kier alpha value is 0.580. The smallest absolute Gasteiger partial charge is 0.0553 e. The summed E-state index contributed by atoms with van der Waals surface area (Å²) in [6.45, 7) is 4.22. The molecule has 68 valence electrons. The summed E-state index contributed by atoms with van der Waals surface area (Å²) < 4.78 is 0. The van der Waals surface area contributed by atoms with Crippen LogP contribution in [0.4, 0.5) is 0 Å². The summed E-state index contributed by atoms with van der Waals surface area (Å²) in [7, 11) is 0. The Morgan fingerprint density at radius 3 is 2.27 bits per heavy atom. The highest BCUT2D eigenvalue weighted by Crippen LogP contribution is 2.23. The van der Waals surface area contributed by atoms with Crippen molar-refractivity contribution in [3.8, 4) is 0 Å². The van der Waals surface area contributed by atoms with E-state index in [0.29, 0.717) is 5.88 Å². The minimum absolute atomic E-state index is 0.171. The van der Waals surface area contributed by atoms with Gasteiger partial charge in [-0.25, -0.2) is 0 Å². The molecular weight excluding hydrogens is 179 g/mol. The maximum atomic E-state index is 6.07. The van der Waals surface area contributed by atoms with Gasteiger partial charge < -0.3 is 0 Å². The fourth-order valence-corrected chi connectivity index (χ4v) is 1.25. The van der Waals surface area contributed by atoms with Gasteiger partial charge in [-0.3, -0.25) is 0 Å². The monoisotopic (exact) mass is 196 g/mol. The number of hydrogen-bond donors (Lipinski definition) is 0. The van der Waals surface area contributed by atoms with Crippen LogP contribution in [0.25, 0.3) is 0 Å². The molecule has 0 fully saturated rings. The molecule has 0 heterocycles. The average molecular weight is 197 g/mol. The maximum Gasteiger partial charge on any atom is 0.0553 e. The minimum atomic E-state index is -0.171. The lowest BCUT2D eigenvalue weighted by atomic mass is 10.0. The summed E-state index contributed by atoms with van der Waals surface area (Å²) in [6, 6.07) is 0. The van der Waals surface area contributed by atoms with E-state index in [9.17, 15) is 0 Å². The third-order valence-corrected chi connectivity index (χ3v) is 2.88. The molecule has 0 aliphatic rings. The lowest BCUT2D eigenvalue weighted by molar-refractivity contribution is 0.555. The second kappa shape index (κ2) is 6.14. The topological polar surface area (TPSA) is 0 Å². The Labute approximate surface area is 80.3 Å². The zero-order valence-electron chi connectivity index (χ0n) is 7.50. The van der Waals surface area contributed by atoms with Gasteiger partial charge in [0.15, 0.2) is 0 Å². The molecule has 0 aliphatic heterocycles. The molecule has 0 nitrogen and oxygen atoms in total. The first kappa shape index (κ1) is 11.6. The maximum absolute atomic E-state index is 6.07. The van der Waals surface area contributed by atoms with E-state index in [-0.39, 0.29) is 4.87 Å². The summed E-state index contributed by atoms with van der Waals surface area (Å²) in [5, 5.41) is 0. The molecule has 0 saturated carbocycles. The van der Waals surface area contributed by atoms with Crippen molar-refractivity contribution in [2.24, 2.45) is 0 Å². The zero-order valence-corrected chi connectivity index (χ0v) is 9.01. The van der Waals surface area contributed by atoms with E-state index in [4.69, 9.17) is 23.2 Å². The molecule has 0 aromatic rings. The molecule has 2 heteroatoms. The van der Waals surface area contributed by atoms with Crippen molar-refractivity contribution in [2.45, 2.75) is 50.8 Å². The normalized spacial score (nSPS) is 16.4. The van der Waals surface area contributed by atoms with Gasteiger partial charge in [0.1, 0.15) is 0 Å². The van der Waals surface area contributed by atoms with Crippen LogP contribution in [-0.4, -0.2) is 10.8 Å². The van der Waals surface area contributed by atoms with Crippen LogP contribution in [0, 0.1) is 0 Å². The van der Waals surface area contributed by atoms with Crippen molar-refractivity contribution < 1.29 is 0 Å². The standard InChI is InChI=1S/C9H18Cl2/c1-3-4-5-6-7-9(2,11)8-10/h3-8H2,1-2H3. The summed E-state index contributed by atoms with van der Waals surface area (Å²) in [5.41, 5.74) is 0. The van der Waals surface area contributed by atoms with E-state index in [2.05, 4.69) is 6.92 Å². The van der Waals surface area contributed by atoms with Crippen molar-refractivity contribution >= 4 is 23.2 Å². The molecular formula is C9H18Cl2. The van der Waals surface area contributed by atoms with Crippen molar-refractivity contribution in [3.63, 3.8) is 0 Å². The van der Waals surface area contributed by atoms with E-state index in [1.165, 1.54) is 25.7 Å². The van der Waals surface area contributed by atoms with Crippen LogP contribution >= 0.6 is 23.2 Å². The van der Waals surface area contributed by atoms with E-state index in [1.54, 1.807) is 0 Å². The first-order valence-electron chi connectivity index (χ1n) is 4.37. The van der Waals surface area contributed by atoms with Crippen LogP contribution in [0.2, 0.25) is 0 Å². The Kier molecular flexibility index (Phi) is 6.46. The molecule has 0 aromatic carbocycles. The first-order chi connectivity index (χ1) is 5.12. The second-order valence-corrected chi connectivity index (χ2v) is 4.54. The fraction of sp³-hybridized carbons (Fsp3) is 1.00. The minimum Gasteiger partial charge on any atom is -0.125 e. The lowest BCUT2D eigenvalue weighted by Gasteiger charge is -2.17. The van der Waals surface area contributed by atoms with Gasteiger partial charge in [-0.15, -0.1) is 23.2 Å². The van der Waals surface area contributed by atoms with Gasteiger partial charge in [-0.2, -0.15) is 0 Å². The van der Waals surface area contributed by atoms with E-state index < -0.39 is 0 Å². The predicted molar refractivity (Wildman–Crippen MR) is 53.7 cm³/mol. The van der Waals surface area contributed by atoms with Gasteiger partial charge in [-0.1, -0.05) is 32.6 Å². The van der Waals surface area contributed by atoms with Crippen LogP contribution in [-0.2, 0) is 0 Å². The van der Waals surface area contributed by atoms with Crippen molar-refractivity contribution in [3.05, 3.63) is 0 Å². The highest BCUT2D eigenvalue weighted by Gasteiger charge is 2.17. The number of unbranched alkanes of at least 4 members (excludes halogenated alkanes) is 3. The largest absolute Gasteiger partial charge is 0.125 e. The summed E-state index contributed by atoms with van der Waals surface area (Å²) >= 11 is 11.7. The van der Waals surface area contributed by atoms with Crippen LogP contribution in [0.15, 0.2) is 0 Å². The van der Waals surface area contributed by atoms with Crippen molar-refractivity contribution in [1.29, 1.82) is 0 Å². The van der Waals surface area contributed by atoms with E-state index in [1.807, 2.05) is 6.92 Å². The molecule has 1 unspecified atom stereocenters. The molecule has 1 atom stereocenters. The van der Waals surface area contributed by atoms with Crippen molar-refractivity contribution in [1.82, 2.24) is 0 Å². The van der Waals surface area contributed by atoms with Crippen LogP contribution in [0.3, 0.4) is 0 Å². The molecule has 0 N–H and O–H groups in total. The highest BCUT2D eigenvalue weighted by atomic mass is 35.5. The molecule has 0 amide bonds. The molecule has 0 spiro atoms. The van der Waals surface area contributed by atoms with Gasteiger partial charge in [-0.05, 0) is 13.3 Å². The molecule has 11 heavy (non-hydrogen) atoms. The number of alkyl halides is 2. The zero-order chi connectivity index (χ0) is 8.74. The quantitative estimate of drug-likeness (QED) is 0.442. The molecule has 0 rings (SSSR count). The third-order valence-electron chi connectivity index (χ3n) is 1.83. The van der Waals surface area contributed by atoms with E-state index >= 15 is 0 Å². The van der Waals surface area contributed by atoms with Gasteiger partial charge in [0.2, 0.25) is 0 Å². The highest BCUT2D eigenvalue weighted by molar-refractivity contribution is 6.30. The Balaban J connectivity index is 3.23. The molecule has 0 aliphatic carbocycles. The predicted octanol–water partition coefficient (Wildman–Crippen LogP) is 4.19. The number of rotatable bonds is 6. The van der Waals surface area contributed by atoms with Gasteiger partial charge in [0.25, 0.3) is 0 Å². The molecule has 0 aromatic heterocycles. The number of hydrogen-bond acceptors (Lipinski definition) is 0. The number of halogens is 2. The van der Waals surface area contributed by atoms with Gasteiger partial charge in [0.05, 0.1) is 4.87 Å². The molecule has 0 bridgehead atoms. The first-order valence-corrected chi connectivity index (χ1v) is 5.28. The Morgan fingerprint density at radius 2 is 1.82 bits per heavy atom. The van der Waals surface area contributed by atoms with Crippen LogP contribution in [0.1, 0.15) is 46.0 Å². The van der Waals surface area contributed by atoms with Crippen molar-refractivity contribution in [2.75, 3.05) is 5.88 Å². The average Bonchev–Trinajstić information content (AvgIpc) is 1.99. The summed E-state index contributed by atoms with van der Waals surface area (Å²) in [5.74, 6) is 0.556. The third kappa shape index (κ3) is 6.96. The summed E-state index contributed by atoms with van der Waals surface area (Å²) in [6.07, 6.45) is 6.13. The second-order valence-electron chi connectivity index (χ2n) is 3.36. The van der Waals surface area contributed by atoms with Crippen LogP contribution < -0.4 is 0 Å². The molecule has 0 radical (unpaired) electrons. The SMILES string of the molecule is CCCCCCC(C)(Cl)CCl. The van der Waals surface area contributed by atoms with Gasteiger partial charge in [0, 0.05) is 5.88 Å². The Bertz CT molecular complexity index is 89.6. The lowest BCUT2D eigenvalue weighted by Crippen LogP contribution is -2.17. The van der Waals surface area contributed by atoms with Gasteiger partial charge >= 0.3 is 0 Å². The fourth-order valence-electron chi connectivity index (χ4n) is 0.987. The molecule has 0 saturated heterocycles. The summed E-state index contributed by atoms with van der Waals surface area (Å²) in [4.78, 5) is -0.171. The van der Waals surface area contributed by atoms with Crippen LogP contribution in [0.5, 0.6) is 0 Å². The van der Waals surface area contributed by atoms with E-state index in [0.717, 1.165) is 6.42 Å².